The molecule has 0 saturated heterocycles. The maximum atomic E-state index is 13.5. The third-order valence-electron chi connectivity index (χ3n) is 2.86. The quantitative estimate of drug-likeness (QED) is 0.830. The third kappa shape index (κ3) is 4.26. The van der Waals surface area contributed by atoms with Crippen LogP contribution in [-0.2, 0) is 0 Å². The molecule has 0 saturated carbocycles. The molecular formula is C15H14BrFN2O2. The molecule has 1 heterocycles. The fraction of sp³-hybridized carbons (Fsp3) is 0.200. The summed E-state index contributed by atoms with van der Waals surface area (Å²) in [5.41, 5.74) is 0.0103. The lowest BCUT2D eigenvalue weighted by Crippen LogP contribution is -2.31. The SMILES string of the molecule is CN(CCOc1ccc(Br)cc1)C(=O)c1ccncc1F. The first-order valence-electron chi connectivity index (χ1n) is 6.31. The molecule has 1 amide bonds. The summed E-state index contributed by atoms with van der Waals surface area (Å²) in [6.07, 6.45) is 2.42. The zero-order valence-electron chi connectivity index (χ0n) is 11.4. The number of rotatable bonds is 5. The summed E-state index contributed by atoms with van der Waals surface area (Å²) in [7, 11) is 1.60. The van der Waals surface area contributed by atoms with E-state index in [9.17, 15) is 9.18 Å². The maximum Gasteiger partial charge on any atom is 0.256 e. The van der Waals surface area contributed by atoms with Crippen LogP contribution in [0.3, 0.4) is 0 Å². The topological polar surface area (TPSA) is 42.4 Å². The number of pyridine rings is 1. The van der Waals surface area contributed by atoms with E-state index in [1.54, 1.807) is 7.05 Å². The normalized spacial score (nSPS) is 10.2. The Labute approximate surface area is 130 Å². The number of amides is 1. The first-order valence-corrected chi connectivity index (χ1v) is 7.10. The molecule has 0 aliphatic carbocycles. The Balaban J connectivity index is 1.87. The van der Waals surface area contributed by atoms with Gasteiger partial charge in [-0.25, -0.2) is 4.39 Å². The van der Waals surface area contributed by atoms with Gasteiger partial charge in [-0.3, -0.25) is 9.78 Å². The lowest BCUT2D eigenvalue weighted by molar-refractivity contribution is 0.0769. The lowest BCUT2D eigenvalue weighted by Gasteiger charge is -2.17. The maximum absolute atomic E-state index is 13.5. The van der Waals surface area contributed by atoms with Crippen LogP contribution in [0.4, 0.5) is 4.39 Å². The van der Waals surface area contributed by atoms with Gasteiger partial charge in [0.1, 0.15) is 12.4 Å². The van der Waals surface area contributed by atoms with Gasteiger partial charge in [-0.2, -0.15) is 0 Å². The van der Waals surface area contributed by atoms with Crippen molar-refractivity contribution in [3.05, 3.63) is 58.6 Å². The summed E-state index contributed by atoms with van der Waals surface area (Å²) in [6.45, 7) is 0.688. The van der Waals surface area contributed by atoms with E-state index in [0.717, 1.165) is 10.7 Å². The lowest BCUT2D eigenvalue weighted by atomic mass is 10.2. The fourth-order valence-corrected chi connectivity index (χ4v) is 1.95. The zero-order chi connectivity index (χ0) is 15.2. The fourth-order valence-electron chi connectivity index (χ4n) is 1.69. The Morgan fingerprint density at radius 1 is 1.33 bits per heavy atom. The van der Waals surface area contributed by atoms with E-state index in [2.05, 4.69) is 20.9 Å². The van der Waals surface area contributed by atoms with Crippen molar-refractivity contribution in [1.82, 2.24) is 9.88 Å². The van der Waals surface area contributed by atoms with Gasteiger partial charge in [-0.05, 0) is 30.3 Å². The molecule has 0 aliphatic heterocycles. The molecule has 2 aromatic rings. The minimum absolute atomic E-state index is 0.0103. The highest BCUT2D eigenvalue weighted by molar-refractivity contribution is 9.10. The van der Waals surface area contributed by atoms with E-state index in [4.69, 9.17) is 4.74 Å². The molecule has 21 heavy (non-hydrogen) atoms. The molecule has 0 N–H and O–H groups in total. The first-order chi connectivity index (χ1) is 10.1. The minimum Gasteiger partial charge on any atom is -0.492 e. The summed E-state index contributed by atoms with van der Waals surface area (Å²) in [5.74, 6) is -0.299. The Kier molecular flexibility index (Phi) is 5.27. The number of hydrogen-bond donors (Lipinski definition) is 0. The van der Waals surface area contributed by atoms with Gasteiger partial charge in [0, 0.05) is 17.7 Å². The number of ether oxygens (including phenoxy) is 1. The Bertz CT molecular complexity index is 619. The molecule has 6 heteroatoms. The number of nitrogens with zero attached hydrogens (tertiary/aromatic N) is 2. The summed E-state index contributed by atoms with van der Waals surface area (Å²) in [4.78, 5) is 17.1. The highest BCUT2D eigenvalue weighted by atomic mass is 79.9. The van der Waals surface area contributed by atoms with Crippen molar-refractivity contribution in [3.63, 3.8) is 0 Å². The van der Waals surface area contributed by atoms with Crippen molar-refractivity contribution >= 4 is 21.8 Å². The summed E-state index contributed by atoms with van der Waals surface area (Å²) >= 11 is 3.34. The molecule has 1 aromatic carbocycles. The van der Waals surface area contributed by atoms with Crippen LogP contribution in [0.15, 0.2) is 47.2 Å². The van der Waals surface area contributed by atoms with Gasteiger partial charge in [0.2, 0.25) is 0 Å². The third-order valence-corrected chi connectivity index (χ3v) is 3.39. The van der Waals surface area contributed by atoms with Gasteiger partial charge in [-0.1, -0.05) is 15.9 Å². The highest BCUT2D eigenvalue weighted by Gasteiger charge is 2.15. The number of hydrogen-bond acceptors (Lipinski definition) is 3. The summed E-state index contributed by atoms with van der Waals surface area (Å²) in [6, 6.07) is 8.76. The van der Waals surface area contributed by atoms with Crippen LogP contribution in [0.2, 0.25) is 0 Å². The number of halogens is 2. The second-order valence-corrected chi connectivity index (χ2v) is 5.30. The predicted molar refractivity (Wildman–Crippen MR) is 80.8 cm³/mol. The Morgan fingerprint density at radius 2 is 2.05 bits per heavy atom. The van der Waals surface area contributed by atoms with E-state index in [0.29, 0.717) is 18.9 Å². The molecule has 1 aromatic heterocycles. The van der Waals surface area contributed by atoms with Gasteiger partial charge in [0.05, 0.1) is 18.3 Å². The Morgan fingerprint density at radius 3 is 2.71 bits per heavy atom. The molecule has 0 unspecified atom stereocenters. The molecule has 0 aliphatic rings. The number of carbonyl (C=O) groups is 1. The molecule has 0 spiro atoms. The standard InChI is InChI=1S/C15H14BrFN2O2/c1-19(15(20)13-6-7-18-10-14(13)17)8-9-21-12-4-2-11(16)3-5-12/h2-7,10H,8-9H2,1H3. The van der Waals surface area contributed by atoms with Crippen LogP contribution in [0.25, 0.3) is 0 Å². The molecular weight excluding hydrogens is 339 g/mol. The Hall–Kier alpha value is -1.95. The molecule has 0 atom stereocenters. The number of benzene rings is 1. The zero-order valence-corrected chi connectivity index (χ0v) is 13.0. The van der Waals surface area contributed by atoms with E-state index in [1.807, 2.05) is 24.3 Å². The molecule has 0 fully saturated rings. The van der Waals surface area contributed by atoms with Crippen LogP contribution in [0.5, 0.6) is 5.75 Å². The predicted octanol–water partition coefficient (Wildman–Crippen LogP) is 3.13. The van der Waals surface area contributed by atoms with E-state index >= 15 is 0 Å². The van der Waals surface area contributed by atoms with E-state index < -0.39 is 11.7 Å². The van der Waals surface area contributed by atoms with Gasteiger partial charge >= 0.3 is 0 Å². The molecule has 0 radical (unpaired) electrons. The van der Waals surface area contributed by atoms with Gasteiger partial charge < -0.3 is 9.64 Å². The highest BCUT2D eigenvalue weighted by Crippen LogP contribution is 2.16. The number of aromatic nitrogens is 1. The van der Waals surface area contributed by atoms with Gasteiger partial charge in [0.25, 0.3) is 5.91 Å². The summed E-state index contributed by atoms with van der Waals surface area (Å²) in [5, 5.41) is 0. The monoisotopic (exact) mass is 352 g/mol. The van der Waals surface area contributed by atoms with Crippen LogP contribution in [0, 0.1) is 5.82 Å². The van der Waals surface area contributed by atoms with Crippen molar-refractivity contribution in [2.75, 3.05) is 20.2 Å². The average molecular weight is 353 g/mol. The second-order valence-electron chi connectivity index (χ2n) is 4.38. The van der Waals surface area contributed by atoms with Crippen LogP contribution >= 0.6 is 15.9 Å². The van der Waals surface area contributed by atoms with Crippen molar-refractivity contribution in [1.29, 1.82) is 0 Å². The molecule has 0 bridgehead atoms. The molecule has 2 rings (SSSR count). The van der Waals surface area contributed by atoms with Crippen molar-refractivity contribution < 1.29 is 13.9 Å². The largest absolute Gasteiger partial charge is 0.492 e. The smallest absolute Gasteiger partial charge is 0.256 e. The summed E-state index contributed by atoms with van der Waals surface area (Å²) < 4.78 is 20.0. The van der Waals surface area contributed by atoms with Crippen molar-refractivity contribution in [2.45, 2.75) is 0 Å². The minimum atomic E-state index is -0.622. The van der Waals surface area contributed by atoms with E-state index in [-0.39, 0.29) is 5.56 Å². The van der Waals surface area contributed by atoms with Crippen LogP contribution in [0.1, 0.15) is 10.4 Å². The number of likely N-dealkylation sites (N-methyl/N-ethyl adjacent to an activating group) is 1. The first kappa shape index (κ1) is 15.4. The molecule has 4 nitrogen and oxygen atoms in total. The van der Waals surface area contributed by atoms with Gasteiger partial charge in [0.15, 0.2) is 5.82 Å². The second kappa shape index (κ2) is 7.17. The van der Waals surface area contributed by atoms with Crippen LogP contribution in [-0.4, -0.2) is 36.0 Å². The number of carbonyl (C=O) groups excluding carboxylic acids is 1. The van der Waals surface area contributed by atoms with Crippen LogP contribution < -0.4 is 4.74 Å². The van der Waals surface area contributed by atoms with E-state index in [1.165, 1.54) is 17.2 Å². The average Bonchev–Trinajstić information content (AvgIpc) is 2.49. The van der Waals surface area contributed by atoms with Crippen molar-refractivity contribution in [3.8, 4) is 5.75 Å². The van der Waals surface area contributed by atoms with Gasteiger partial charge in [-0.15, -0.1) is 0 Å². The molecule has 110 valence electrons. The van der Waals surface area contributed by atoms with Crippen molar-refractivity contribution in [2.24, 2.45) is 0 Å².